The van der Waals surface area contributed by atoms with Crippen LogP contribution in [0.3, 0.4) is 0 Å². The molecule has 0 fully saturated rings. The van der Waals surface area contributed by atoms with Crippen molar-refractivity contribution in [3.05, 3.63) is 29.8 Å². The van der Waals surface area contributed by atoms with Crippen LogP contribution in [0.2, 0.25) is 0 Å². The Morgan fingerprint density at radius 2 is 2.00 bits per heavy atom. The first-order valence-electron chi connectivity index (χ1n) is 3.71. The SMILES string of the molecule is C#CCC(O)c1ccc(N)cc1. The molecule has 0 saturated heterocycles. The monoisotopic (exact) mass is 161 g/mol. The van der Waals surface area contributed by atoms with E-state index in [-0.39, 0.29) is 0 Å². The van der Waals surface area contributed by atoms with Gasteiger partial charge in [-0.05, 0) is 17.7 Å². The van der Waals surface area contributed by atoms with Crippen molar-refractivity contribution in [1.29, 1.82) is 0 Å². The normalized spacial score (nSPS) is 12.0. The molecule has 0 spiro atoms. The van der Waals surface area contributed by atoms with E-state index in [1.165, 1.54) is 0 Å². The number of aliphatic hydroxyl groups excluding tert-OH is 1. The quantitative estimate of drug-likeness (QED) is 0.507. The summed E-state index contributed by atoms with van der Waals surface area (Å²) in [5.74, 6) is 2.40. The van der Waals surface area contributed by atoms with Gasteiger partial charge in [0, 0.05) is 12.1 Å². The Bertz CT molecular complexity index is 284. The van der Waals surface area contributed by atoms with Gasteiger partial charge in [-0.3, -0.25) is 0 Å². The number of hydrogen-bond acceptors (Lipinski definition) is 2. The molecule has 0 aliphatic carbocycles. The highest BCUT2D eigenvalue weighted by molar-refractivity contribution is 5.39. The predicted octanol–water partition coefficient (Wildman–Crippen LogP) is 1.33. The van der Waals surface area contributed by atoms with Crippen LogP contribution in [0.1, 0.15) is 18.1 Å². The molecule has 0 bridgehead atoms. The Balaban J connectivity index is 2.76. The molecule has 1 aromatic carbocycles. The van der Waals surface area contributed by atoms with Gasteiger partial charge in [0.1, 0.15) is 0 Å². The molecule has 1 atom stereocenters. The minimum absolute atomic E-state index is 0.337. The molecule has 1 aromatic rings. The molecule has 12 heavy (non-hydrogen) atoms. The van der Waals surface area contributed by atoms with Gasteiger partial charge in [0.2, 0.25) is 0 Å². The van der Waals surface area contributed by atoms with Crippen LogP contribution in [0.15, 0.2) is 24.3 Å². The van der Waals surface area contributed by atoms with Crippen molar-refractivity contribution in [3.8, 4) is 12.3 Å². The Morgan fingerprint density at radius 3 is 2.50 bits per heavy atom. The molecule has 0 aromatic heterocycles. The fourth-order valence-electron chi connectivity index (χ4n) is 0.948. The maximum atomic E-state index is 9.43. The molecule has 0 aliphatic rings. The maximum absolute atomic E-state index is 9.43. The molecule has 1 unspecified atom stereocenters. The molecule has 0 saturated carbocycles. The van der Waals surface area contributed by atoms with Crippen LogP contribution in [0.5, 0.6) is 0 Å². The largest absolute Gasteiger partial charge is 0.399 e. The summed E-state index contributed by atoms with van der Waals surface area (Å²) in [5, 5.41) is 9.43. The number of hydrogen-bond donors (Lipinski definition) is 2. The highest BCUT2D eigenvalue weighted by Gasteiger charge is 2.03. The van der Waals surface area contributed by atoms with Crippen molar-refractivity contribution in [2.24, 2.45) is 0 Å². The van der Waals surface area contributed by atoms with E-state index < -0.39 is 6.10 Å². The third-order valence-corrected chi connectivity index (χ3v) is 1.63. The highest BCUT2D eigenvalue weighted by atomic mass is 16.3. The Kier molecular flexibility index (Phi) is 2.73. The number of terminal acetylenes is 1. The van der Waals surface area contributed by atoms with Crippen molar-refractivity contribution < 1.29 is 5.11 Å². The molecular formula is C10H11NO. The zero-order valence-corrected chi connectivity index (χ0v) is 6.70. The lowest BCUT2D eigenvalue weighted by Gasteiger charge is -2.06. The summed E-state index contributed by atoms with van der Waals surface area (Å²) < 4.78 is 0. The van der Waals surface area contributed by atoms with Crippen LogP contribution in [0.25, 0.3) is 0 Å². The number of nitrogens with two attached hydrogens (primary N) is 1. The molecule has 0 heterocycles. The first kappa shape index (κ1) is 8.63. The van der Waals surface area contributed by atoms with Crippen LogP contribution in [-0.2, 0) is 0 Å². The average molecular weight is 161 g/mol. The molecule has 2 heteroatoms. The second-order valence-corrected chi connectivity index (χ2v) is 2.59. The summed E-state index contributed by atoms with van der Waals surface area (Å²) in [6, 6.07) is 7.04. The van der Waals surface area contributed by atoms with Gasteiger partial charge in [0.15, 0.2) is 0 Å². The third-order valence-electron chi connectivity index (χ3n) is 1.63. The lowest BCUT2D eigenvalue weighted by molar-refractivity contribution is 0.184. The van der Waals surface area contributed by atoms with Gasteiger partial charge in [0.05, 0.1) is 6.10 Å². The van der Waals surface area contributed by atoms with Gasteiger partial charge >= 0.3 is 0 Å². The second kappa shape index (κ2) is 3.80. The van der Waals surface area contributed by atoms with Crippen LogP contribution in [0, 0.1) is 12.3 Å². The van der Waals surface area contributed by atoms with E-state index in [0.29, 0.717) is 12.1 Å². The van der Waals surface area contributed by atoms with Crippen molar-refractivity contribution in [3.63, 3.8) is 0 Å². The van der Waals surface area contributed by atoms with Crippen LogP contribution >= 0.6 is 0 Å². The van der Waals surface area contributed by atoms with Gasteiger partial charge in [-0.25, -0.2) is 0 Å². The topological polar surface area (TPSA) is 46.2 Å². The van der Waals surface area contributed by atoms with Crippen molar-refractivity contribution in [2.75, 3.05) is 5.73 Å². The Morgan fingerprint density at radius 1 is 1.42 bits per heavy atom. The molecule has 0 aliphatic heterocycles. The van der Waals surface area contributed by atoms with Crippen molar-refractivity contribution >= 4 is 5.69 Å². The van der Waals surface area contributed by atoms with Gasteiger partial charge in [-0.15, -0.1) is 12.3 Å². The first-order valence-corrected chi connectivity index (χ1v) is 3.71. The highest BCUT2D eigenvalue weighted by Crippen LogP contribution is 2.16. The van der Waals surface area contributed by atoms with Gasteiger partial charge in [-0.2, -0.15) is 0 Å². The van der Waals surface area contributed by atoms with Crippen LogP contribution in [-0.4, -0.2) is 5.11 Å². The number of benzene rings is 1. The van der Waals surface area contributed by atoms with Gasteiger partial charge in [-0.1, -0.05) is 12.1 Å². The van der Waals surface area contributed by atoms with E-state index in [1.54, 1.807) is 24.3 Å². The summed E-state index contributed by atoms with van der Waals surface area (Å²) in [6.45, 7) is 0. The zero-order valence-electron chi connectivity index (χ0n) is 6.70. The van der Waals surface area contributed by atoms with Crippen molar-refractivity contribution in [2.45, 2.75) is 12.5 Å². The fourth-order valence-corrected chi connectivity index (χ4v) is 0.948. The van der Waals surface area contributed by atoms with Gasteiger partial charge in [0.25, 0.3) is 0 Å². The van der Waals surface area contributed by atoms with Crippen molar-refractivity contribution in [1.82, 2.24) is 0 Å². The molecular weight excluding hydrogens is 150 g/mol. The maximum Gasteiger partial charge on any atom is 0.0899 e. The van der Waals surface area contributed by atoms with E-state index in [9.17, 15) is 5.11 Å². The number of rotatable bonds is 2. The number of nitrogen functional groups attached to an aromatic ring is 1. The summed E-state index contributed by atoms with van der Waals surface area (Å²) in [4.78, 5) is 0. The molecule has 0 amide bonds. The lowest BCUT2D eigenvalue weighted by atomic mass is 10.1. The van der Waals surface area contributed by atoms with E-state index in [0.717, 1.165) is 5.56 Å². The number of anilines is 1. The smallest absolute Gasteiger partial charge is 0.0899 e. The second-order valence-electron chi connectivity index (χ2n) is 2.59. The first-order chi connectivity index (χ1) is 5.74. The molecule has 1 rings (SSSR count). The Hall–Kier alpha value is -1.46. The minimum Gasteiger partial charge on any atom is -0.399 e. The molecule has 2 nitrogen and oxygen atoms in total. The lowest BCUT2D eigenvalue weighted by Crippen LogP contribution is -1.95. The molecule has 3 N–H and O–H groups in total. The third kappa shape index (κ3) is 2.01. The molecule has 0 radical (unpaired) electrons. The summed E-state index contributed by atoms with van der Waals surface area (Å²) in [6.07, 6.45) is 4.83. The summed E-state index contributed by atoms with van der Waals surface area (Å²) in [5.41, 5.74) is 6.97. The fraction of sp³-hybridized carbons (Fsp3) is 0.200. The Labute approximate surface area is 72.0 Å². The van der Waals surface area contributed by atoms with Crippen LogP contribution < -0.4 is 5.73 Å². The van der Waals surface area contributed by atoms with Gasteiger partial charge < -0.3 is 10.8 Å². The number of aliphatic hydroxyl groups is 1. The summed E-state index contributed by atoms with van der Waals surface area (Å²) in [7, 11) is 0. The molecule has 62 valence electrons. The zero-order chi connectivity index (χ0) is 8.97. The average Bonchev–Trinajstić information content (AvgIpc) is 2.06. The predicted molar refractivity (Wildman–Crippen MR) is 49.3 cm³/mol. The van der Waals surface area contributed by atoms with E-state index in [4.69, 9.17) is 12.2 Å². The van der Waals surface area contributed by atoms with E-state index >= 15 is 0 Å². The van der Waals surface area contributed by atoms with E-state index in [1.807, 2.05) is 0 Å². The minimum atomic E-state index is -0.574. The summed E-state index contributed by atoms with van der Waals surface area (Å²) >= 11 is 0. The van der Waals surface area contributed by atoms with Crippen LogP contribution in [0.4, 0.5) is 5.69 Å². The van der Waals surface area contributed by atoms with E-state index in [2.05, 4.69) is 5.92 Å². The standard InChI is InChI=1S/C10H11NO/c1-2-3-10(12)8-4-6-9(11)7-5-8/h1,4-7,10,12H,3,11H2.